The van der Waals surface area contributed by atoms with Crippen molar-refractivity contribution in [1.29, 1.82) is 0 Å². The Labute approximate surface area is 115 Å². The lowest BCUT2D eigenvalue weighted by atomic mass is 9.86. The lowest BCUT2D eigenvalue weighted by Gasteiger charge is -2.39. The quantitative estimate of drug-likeness (QED) is 0.768. The Kier molecular flexibility index (Phi) is 5.60. The molecule has 1 unspecified atom stereocenters. The molecule has 6 nitrogen and oxygen atoms in total. The second-order valence-electron chi connectivity index (χ2n) is 5.23. The van der Waals surface area contributed by atoms with Crippen molar-refractivity contribution in [1.82, 2.24) is 15.1 Å². The van der Waals surface area contributed by atoms with Crippen molar-refractivity contribution in [2.24, 2.45) is 11.1 Å². The van der Waals surface area contributed by atoms with Crippen LogP contribution in [0.15, 0.2) is 0 Å². The van der Waals surface area contributed by atoms with Gasteiger partial charge in [-0.2, -0.15) is 0 Å². The molecule has 0 radical (unpaired) electrons. The molecule has 1 heterocycles. The maximum absolute atomic E-state index is 12.4. The van der Waals surface area contributed by atoms with Crippen LogP contribution in [0.1, 0.15) is 27.2 Å². The predicted molar refractivity (Wildman–Crippen MR) is 74.7 cm³/mol. The highest BCUT2D eigenvalue weighted by Crippen LogP contribution is 2.23. The second kappa shape index (κ2) is 6.75. The van der Waals surface area contributed by atoms with Gasteiger partial charge in [-0.1, -0.05) is 6.92 Å². The number of hydrogen-bond acceptors (Lipinski definition) is 3. The lowest BCUT2D eigenvalue weighted by Crippen LogP contribution is -2.56. The molecule has 1 saturated heterocycles. The van der Waals surface area contributed by atoms with Crippen LogP contribution in [0.25, 0.3) is 0 Å². The molecule has 6 heteroatoms. The van der Waals surface area contributed by atoms with Crippen LogP contribution in [0.3, 0.4) is 0 Å². The minimum Gasteiger partial charge on any atom is -0.339 e. The standard InChI is InChI=1S/C13H26N4O2/c1-4-13(3,10-14)11(18)16-6-8-17(9-7-16)12(19)15-5-2/h4-10,14H2,1-3H3,(H,15,19). The van der Waals surface area contributed by atoms with Gasteiger partial charge in [0.2, 0.25) is 5.91 Å². The summed E-state index contributed by atoms with van der Waals surface area (Å²) in [6, 6.07) is -0.0494. The summed E-state index contributed by atoms with van der Waals surface area (Å²) in [6.07, 6.45) is 0.735. The third-order valence-corrected chi connectivity index (χ3v) is 3.93. The molecular formula is C13H26N4O2. The second-order valence-corrected chi connectivity index (χ2v) is 5.23. The van der Waals surface area contributed by atoms with E-state index in [1.54, 1.807) is 4.90 Å². The van der Waals surface area contributed by atoms with Crippen molar-refractivity contribution in [3.8, 4) is 0 Å². The first-order valence-electron chi connectivity index (χ1n) is 7.00. The molecule has 0 aromatic carbocycles. The molecule has 3 amide bonds. The van der Waals surface area contributed by atoms with Crippen molar-refractivity contribution < 1.29 is 9.59 Å². The van der Waals surface area contributed by atoms with Crippen molar-refractivity contribution in [2.45, 2.75) is 27.2 Å². The molecule has 19 heavy (non-hydrogen) atoms. The summed E-state index contributed by atoms with van der Waals surface area (Å²) >= 11 is 0. The summed E-state index contributed by atoms with van der Waals surface area (Å²) < 4.78 is 0. The number of carbonyl (C=O) groups excluding carboxylic acids is 2. The first-order chi connectivity index (χ1) is 8.98. The fraction of sp³-hybridized carbons (Fsp3) is 0.846. The molecule has 1 aliphatic heterocycles. The summed E-state index contributed by atoms with van der Waals surface area (Å²) in [5.41, 5.74) is 5.24. The summed E-state index contributed by atoms with van der Waals surface area (Å²) in [7, 11) is 0. The van der Waals surface area contributed by atoms with Crippen molar-refractivity contribution >= 4 is 11.9 Å². The van der Waals surface area contributed by atoms with E-state index in [0.29, 0.717) is 39.3 Å². The number of carbonyl (C=O) groups is 2. The largest absolute Gasteiger partial charge is 0.339 e. The van der Waals surface area contributed by atoms with Gasteiger partial charge in [0, 0.05) is 39.3 Å². The van der Waals surface area contributed by atoms with Crippen molar-refractivity contribution in [3.05, 3.63) is 0 Å². The third kappa shape index (κ3) is 3.59. The van der Waals surface area contributed by atoms with E-state index < -0.39 is 5.41 Å². The molecule has 1 fully saturated rings. The van der Waals surface area contributed by atoms with Gasteiger partial charge in [0.05, 0.1) is 5.41 Å². The van der Waals surface area contributed by atoms with Crippen LogP contribution in [-0.4, -0.2) is 61.0 Å². The van der Waals surface area contributed by atoms with Gasteiger partial charge >= 0.3 is 6.03 Å². The van der Waals surface area contributed by atoms with Crippen LogP contribution >= 0.6 is 0 Å². The number of nitrogens with one attached hydrogen (secondary N) is 1. The van der Waals surface area contributed by atoms with E-state index in [0.717, 1.165) is 6.42 Å². The number of hydrogen-bond donors (Lipinski definition) is 2. The van der Waals surface area contributed by atoms with E-state index in [1.807, 2.05) is 25.7 Å². The van der Waals surface area contributed by atoms with E-state index in [2.05, 4.69) is 5.32 Å². The Bertz CT molecular complexity index is 321. The van der Waals surface area contributed by atoms with Crippen LogP contribution in [0.5, 0.6) is 0 Å². The van der Waals surface area contributed by atoms with Gasteiger partial charge in [-0.15, -0.1) is 0 Å². The van der Waals surface area contributed by atoms with Gasteiger partial charge in [0.25, 0.3) is 0 Å². The van der Waals surface area contributed by atoms with Crippen LogP contribution in [0.4, 0.5) is 4.79 Å². The normalized spacial score (nSPS) is 18.9. The highest BCUT2D eigenvalue weighted by atomic mass is 16.2. The molecule has 1 atom stereocenters. The highest BCUT2D eigenvalue weighted by Gasteiger charge is 2.35. The highest BCUT2D eigenvalue weighted by molar-refractivity contribution is 5.83. The third-order valence-electron chi connectivity index (χ3n) is 3.93. The van der Waals surface area contributed by atoms with Gasteiger partial charge in [-0.05, 0) is 20.3 Å². The Morgan fingerprint density at radius 1 is 1.16 bits per heavy atom. The maximum atomic E-state index is 12.4. The first-order valence-corrected chi connectivity index (χ1v) is 7.00. The molecule has 1 rings (SSSR count). The molecule has 0 aliphatic carbocycles. The van der Waals surface area contributed by atoms with Crippen molar-refractivity contribution in [3.63, 3.8) is 0 Å². The summed E-state index contributed by atoms with van der Waals surface area (Å²) in [6.45, 7) is 9.12. The van der Waals surface area contributed by atoms with Crippen LogP contribution in [-0.2, 0) is 4.79 Å². The van der Waals surface area contributed by atoms with E-state index >= 15 is 0 Å². The monoisotopic (exact) mass is 270 g/mol. The topological polar surface area (TPSA) is 78.7 Å². The van der Waals surface area contributed by atoms with Gasteiger partial charge in [0.15, 0.2) is 0 Å². The molecule has 0 aromatic heterocycles. The molecule has 0 saturated carbocycles. The summed E-state index contributed by atoms with van der Waals surface area (Å²) in [5.74, 6) is 0.105. The van der Waals surface area contributed by atoms with E-state index in [1.165, 1.54) is 0 Å². The van der Waals surface area contributed by atoms with Crippen LogP contribution < -0.4 is 11.1 Å². The van der Waals surface area contributed by atoms with Gasteiger partial charge in [-0.3, -0.25) is 4.79 Å². The van der Waals surface area contributed by atoms with Gasteiger partial charge < -0.3 is 20.9 Å². The number of nitrogens with zero attached hydrogens (tertiary/aromatic N) is 2. The molecule has 0 aromatic rings. The predicted octanol–water partition coefficient (Wildman–Crippen LogP) is 0.235. The molecule has 3 N–H and O–H groups in total. The fourth-order valence-electron chi connectivity index (χ4n) is 2.14. The van der Waals surface area contributed by atoms with Gasteiger partial charge in [-0.25, -0.2) is 4.79 Å². The van der Waals surface area contributed by atoms with Gasteiger partial charge in [0.1, 0.15) is 0 Å². The summed E-state index contributed by atoms with van der Waals surface area (Å²) in [5, 5.41) is 2.78. The number of piperazine rings is 1. The minimum atomic E-state index is -0.478. The Morgan fingerprint density at radius 2 is 1.68 bits per heavy atom. The Morgan fingerprint density at radius 3 is 2.11 bits per heavy atom. The SMILES string of the molecule is CCNC(=O)N1CCN(C(=O)C(C)(CC)CN)CC1. The molecule has 0 spiro atoms. The smallest absolute Gasteiger partial charge is 0.317 e. The average Bonchev–Trinajstić information content (AvgIpc) is 2.46. The lowest BCUT2D eigenvalue weighted by molar-refractivity contribution is -0.142. The Hall–Kier alpha value is -1.30. The average molecular weight is 270 g/mol. The molecule has 110 valence electrons. The van der Waals surface area contributed by atoms with Crippen LogP contribution in [0, 0.1) is 5.41 Å². The zero-order chi connectivity index (χ0) is 14.5. The van der Waals surface area contributed by atoms with Crippen LogP contribution in [0.2, 0.25) is 0 Å². The fourth-order valence-corrected chi connectivity index (χ4v) is 2.14. The van der Waals surface area contributed by atoms with E-state index in [-0.39, 0.29) is 11.9 Å². The molecule has 0 bridgehead atoms. The zero-order valence-electron chi connectivity index (χ0n) is 12.2. The molecule has 1 aliphatic rings. The zero-order valence-corrected chi connectivity index (χ0v) is 12.2. The Balaban J connectivity index is 2.54. The number of nitrogens with two attached hydrogens (primary N) is 1. The number of rotatable bonds is 4. The number of amides is 3. The molecular weight excluding hydrogens is 244 g/mol. The maximum Gasteiger partial charge on any atom is 0.317 e. The first kappa shape index (κ1) is 15.8. The van der Waals surface area contributed by atoms with Crippen molar-refractivity contribution in [2.75, 3.05) is 39.3 Å². The minimum absolute atomic E-state index is 0.0494. The summed E-state index contributed by atoms with van der Waals surface area (Å²) in [4.78, 5) is 27.7. The number of urea groups is 1. The van der Waals surface area contributed by atoms with E-state index in [4.69, 9.17) is 5.73 Å². The van der Waals surface area contributed by atoms with E-state index in [9.17, 15) is 9.59 Å².